The Morgan fingerprint density at radius 2 is 1.64 bits per heavy atom. The summed E-state index contributed by atoms with van der Waals surface area (Å²) in [6, 6.07) is 16.1. The molecule has 0 radical (unpaired) electrons. The van der Waals surface area contributed by atoms with E-state index in [1.165, 1.54) is 27.2 Å². The zero-order valence-corrected chi connectivity index (χ0v) is 15.2. The molecule has 4 nitrogen and oxygen atoms in total. The van der Waals surface area contributed by atoms with Gasteiger partial charge in [0.25, 0.3) is 0 Å². The lowest BCUT2D eigenvalue weighted by molar-refractivity contribution is -0.113. The Kier molecular flexibility index (Phi) is 4.34. The Hall–Kier alpha value is -2.14. The first-order chi connectivity index (χ1) is 12.2. The molecule has 0 saturated carbocycles. The predicted molar refractivity (Wildman–Crippen MR) is 98.7 cm³/mol. The molecule has 5 heteroatoms. The van der Waals surface area contributed by atoms with Crippen molar-refractivity contribution in [2.24, 2.45) is 0 Å². The van der Waals surface area contributed by atoms with Gasteiger partial charge in [0.05, 0.1) is 0 Å². The summed E-state index contributed by atoms with van der Waals surface area (Å²) in [5, 5.41) is 0. The van der Waals surface area contributed by atoms with Gasteiger partial charge >= 0.3 is 6.09 Å². The molecular formula is C20H18BrNO3. The number of nitrogens with zero attached hydrogens (tertiary/aromatic N) is 1. The topological polar surface area (TPSA) is 46.6 Å². The predicted octanol–water partition coefficient (Wildman–Crippen LogP) is 4.32. The molecular weight excluding hydrogens is 382 g/mol. The summed E-state index contributed by atoms with van der Waals surface area (Å²) < 4.78 is 5.46. The zero-order valence-electron chi connectivity index (χ0n) is 13.7. The van der Waals surface area contributed by atoms with Gasteiger partial charge in [0, 0.05) is 12.5 Å². The molecule has 25 heavy (non-hydrogen) atoms. The summed E-state index contributed by atoms with van der Waals surface area (Å²) in [6.45, 7) is 0.852. The number of likely N-dealkylation sites (tertiary alicyclic amines) is 1. The number of carbonyl (C=O) groups is 2. The number of amides is 1. The Morgan fingerprint density at radius 1 is 1.04 bits per heavy atom. The van der Waals surface area contributed by atoms with Gasteiger partial charge in [0.15, 0.2) is 0 Å². The summed E-state index contributed by atoms with van der Waals surface area (Å²) in [5.41, 5.74) is 4.78. The summed E-state index contributed by atoms with van der Waals surface area (Å²) in [5.74, 6) is 0.0390. The number of benzene rings is 2. The SMILES string of the molecule is O=C(Br)[C@@H]1CCCN1C(=O)OCC1c2ccccc2-c2ccccc21. The highest BCUT2D eigenvalue weighted by Crippen LogP contribution is 2.44. The van der Waals surface area contributed by atoms with Gasteiger partial charge in [-0.2, -0.15) is 0 Å². The van der Waals surface area contributed by atoms with E-state index in [0.717, 1.165) is 6.42 Å². The lowest BCUT2D eigenvalue weighted by Crippen LogP contribution is -2.39. The van der Waals surface area contributed by atoms with Crippen LogP contribution in [-0.2, 0) is 9.53 Å². The van der Waals surface area contributed by atoms with Crippen LogP contribution in [0.5, 0.6) is 0 Å². The van der Waals surface area contributed by atoms with Crippen molar-refractivity contribution in [1.82, 2.24) is 4.90 Å². The summed E-state index contributed by atoms with van der Waals surface area (Å²) >= 11 is 2.98. The number of ether oxygens (including phenoxy) is 1. The minimum Gasteiger partial charge on any atom is -0.448 e. The largest absolute Gasteiger partial charge is 0.448 e. The zero-order chi connectivity index (χ0) is 17.4. The standard InChI is InChI=1S/C20H18BrNO3/c21-19(23)18-10-5-11-22(18)20(24)25-12-17-15-8-3-1-6-13(15)14-7-2-4-9-16(14)17/h1-4,6-9,17-18H,5,10-12H2/t18-/m0/s1. The van der Waals surface area contributed by atoms with Crippen LogP contribution >= 0.6 is 15.9 Å². The lowest BCUT2D eigenvalue weighted by Gasteiger charge is -2.22. The molecule has 128 valence electrons. The van der Waals surface area contributed by atoms with Crippen molar-refractivity contribution in [3.8, 4) is 11.1 Å². The van der Waals surface area contributed by atoms with Crippen LogP contribution in [0, 0.1) is 0 Å². The minimum atomic E-state index is -0.407. The maximum absolute atomic E-state index is 12.5. The average Bonchev–Trinajstić information content (AvgIpc) is 3.23. The van der Waals surface area contributed by atoms with E-state index >= 15 is 0 Å². The van der Waals surface area contributed by atoms with E-state index in [0.29, 0.717) is 13.0 Å². The fraction of sp³-hybridized carbons (Fsp3) is 0.300. The molecule has 0 N–H and O–H groups in total. The molecule has 1 aliphatic heterocycles. The van der Waals surface area contributed by atoms with Crippen molar-refractivity contribution >= 4 is 26.7 Å². The van der Waals surface area contributed by atoms with Crippen molar-refractivity contribution in [3.63, 3.8) is 0 Å². The molecule has 2 aliphatic rings. The maximum atomic E-state index is 12.5. The second-order valence-corrected chi connectivity index (χ2v) is 7.24. The van der Waals surface area contributed by atoms with E-state index in [4.69, 9.17) is 4.74 Å². The first-order valence-electron chi connectivity index (χ1n) is 8.48. The number of fused-ring (bicyclic) bond motifs is 3. The molecule has 0 unspecified atom stereocenters. The van der Waals surface area contributed by atoms with Crippen LogP contribution < -0.4 is 0 Å². The third kappa shape index (κ3) is 2.86. The van der Waals surface area contributed by atoms with Crippen LogP contribution in [0.15, 0.2) is 48.5 Å². The fourth-order valence-electron chi connectivity index (χ4n) is 3.90. The van der Waals surface area contributed by atoms with Crippen LogP contribution in [-0.4, -0.2) is 34.9 Å². The highest BCUT2D eigenvalue weighted by molar-refractivity contribution is 9.18. The number of carbonyl (C=O) groups excluding carboxylic acids is 2. The second kappa shape index (κ2) is 6.64. The molecule has 0 bridgehead atoms. The first kappa shape index (κ1) is 16.3. The Labute approximate surface area is 154 Å². The van der Waals surface area contributed by atoms with Crippen molar-refractivity contribution in [2.75, 3.05) is 13.2 Å². The molecule has 1 aliphatic carbocycles. The lowest BCUT2D eigenvalue weighted by atomic mass is 9.98. The number of hydrogen-bond acceptors (Lipinski definition) is 3. The van der Waals surface area contributed by atoms with Crippen LogP contribution in [0.1, 0.15) is 29.9 Å². The minimum absolute atomic E-state index is 0.0390. The Morgan fingerprint density at radius 3 is 2.24 bits per heavy atom. The van der Waals surface area contributed by atoms with Gasteiger partial charge < -0.3 is 4.74 Å². The van der Waals surface area contributed by atoms with Gasteiger partial charge in [-0.05, 0) is 51.0 Å². The average molecular weight is 400 g/mol. The van der Waals surface area contributed by atoms with Gasteiger partial charge in [0.2, 0.25) is 4.69 Å². The smallest absolute Gasteiger partial charge is 0.410 e. The molecule has 0 aromatic heterocycles. The van der Waals surface area contributed by atoms with Crippen molar-refractivity contribution in [3.05, 3.63) is 59.7 Å². The van der Waals surface area contributed by atoms with E-state index < -0.39 is 12.1 Å². The maximum Gasteiger partial charge on any atom is 0.410 e. The molecule has 1 fully saturated rings. The van der Waals surface area contributed by atoms with Crippen LogP contribution in [0.4, 0.5) is 4.79 Å². The van der Waals surface area contributed by atoms with Crippen molar-refractivity contribution in [1.29, 1.82) is 0 Å². The highest BCUT2D eigenvalue weighted by atomic mass is 79.9. The molecule has 4 rings (SSSR count). The summed E-state index contributed by atoms with van der Waals surface area (Å²) in [6.07, 6.45) is 1.11. The molecule has 2 aromatic rings. The number of rotatable bonds is 3. The summed E-state index contributed by atoms with van der Waals surface area (Å²) in [7, 11) is 0. The highest BCUT2D eigenvalue weighted by Gasteiger charge is 2.35. The van der Waals surface area contributed by atoms with Gasteiger partial charge in [-0.1, -0.05) is 48.5 Å². The van der Waals surface area contributed by atoms with E-state index in [1.807, 2.05) is 24.3 Å². The number of halogens is 1. The Balaban J connectivity index is 1.53. The van der Waals surface area contributed by atoms with Crippen molar-refractivity contribution < 1.29 is 14.3 Å². The van der Waals surface area contributed by atoms with Gasteiger partial charge in [0.1, 0.15) is 12.6 Å². The van der Waals surface area contributed by atoms with Gasteiger partial charge in [-0.3, -0.25) is 9.69 Å². The van der Waals surface area contributed by atoms with Crippen molar-refractivity contribution in [2.45, 2.75) is 24.8 Å². The molecule has 0 spiro atoms. The Bertz CT molecular complexity index is 790. The monoisotopic (exact) mass is 399 g/mol. The molecule has 1 amide bonds. The van der Waals surface area contributed by atoms with E-state index in [1.54, 1.807) is 0 Å². The van der Waals surface area contributed by atoms with Gasteiger partial charge in [-0.25, -0.2) is 4.79 Å². The van der Waals surface area contributed by atoms with Crippen LogP contribution in [0.3, 0.4) is 0 Å². The second-order valence-electron chi connectivity index (χ2n) is 6.46. The third-order valence-electron chi connectivity index (χ3n) is 5.09. The summed E-state index contributed by atoms with van der Waals surface area (Å²) in [4.78, 5) is 25.6. The van der Waals surface area contributed by atoms with E-state index in [-0.39, 0.29) is 17.2 Å². The number of hydrogen-bond donors (Lipinski definition) is 0. The van der Waals surface area contributed by atoms with E-state index in [2.05, 4.69) is 40.2 Å². The van der Waals surface area contributed by atoms with E-state index in [9.17, 15) is 9.59 Å². The van der Waals surface area contributed by atoms with Crippen LogP contribution in [0.25, 0.3) is 11.1 Å². The fourth-order valence-corrected chi connectivity index (χ4v) is 4.37. The molecule has 2 aromatic carbocycles. The first-order valence-corrected chi connectivity index (χ1v) is 9.27. The normalized spacial score (nSPS) is 18.8. The van der Waals surface area contributed by atoms with Gasteiger partial charge in [-0.15, -0.1) is 0 Å². The third-order valence-corrected chi connectivity index (χ3v) is 5.61. The molecule has 1 atom stereocenters. The quantitative estimate of drug-likeness (QED) is 0.721. The molecule has 1 heterocycles. The molecule has 1 saturated heterocycles. The van der Waals surface area contributed by atoms with Crippen LogP contribution in [0.2, 0.25) is 0 Å².